The second-order valence-electron chi connectivity index (χ2n) is 5.06. The van der Waals surface area contributed by atoms with Crippen molar-refractivity contribution in [2.45, 2.75) is 32.2 Å². The molecule has 2 atom stereocenters. The Morgan fingerprint density at radius 2 is 2.12 bits per heavy atom. The number of likely N-dealkylation sites (tertiary alicyclic amines) is 2. The number of carbonyl (C=O) groups excluding carboxylic acids is 2. The second kappa shape index (κ2) is 5.04. The third-order valence-corrected chi connectivity index (χ3v) is 3.81. The Labute approximate surface area is 102 Å². The zero-order valence-corrected chi connectivity index (χ0v) is 10.4. The topological polar surface area (TPSA) is 66.6 Å². The van der Waals surface area contributed by atoms with E-state index in [1.807, 2.05) is 11.8 Å². The molecular formula is C12H21N3O2. The Hall–Kier alpha value is -1.10. The van der Waals surface area contributed by atoms with Crippen molar-refractivity contribution >= 4 is 11.8 Å². The molecule has 2 rings (SSSR count). The highest BCUT2D eigenvalue weighted by atomic mass is 16.2. The van der Waals surface area contributed by atoms with E-state index in [0.29, 0.717) is 19.5 Å². The summed E-state index contributed by atoms with van der Waals surface area (Å²) in [6.07, 6.45) is 2.66. The van der Waals surface area contributed by atoms with E-state index in [1.54, 1.807) is 4.90 Å². The van der Waals surface area contributed by atoms with Crippen LogP contribution in [-0.4, -0.2) is 53.8 Å². The van der Waals surface area contributed by atoms with Gasteiger partial charge >= 0.3 is 0 Å². The smallest absolute Gasteiger partial charge is 0.245 e. The minimum absolute atomic E-state index is 0.0699. The molecule has 2 aliphatic heterocycles. The average Bonchev–Trinajstić information content (AvgIpc) is 2.95. The summed E-state index contributed by atoms with van der Waals surface area (Å²) in [5, 5.41) is 0. The molecule has 5 nitrogen and oxygen atoms in total. The molecule has 2 unspecified atom stereocenters. The van der Waals surface area contributed by atoms with Gasteiger partial charge in [0, 0.05) is 26.1 Å². The summed E-state index contributed by atoms with van der Waals surface area (Å²) < 4.78 is 0. The van der Waals surface area contributed by atoms with Crippen LogP contribution in [-0.2, 0) is 9.59 Å². The number of nitrogens with two attached hydrogens (primary N) is 1. The predicted octanol–water partition coefficient (Wildman–Crippen LogP) is -0.195. The van der Waals surface area contributed by atoms with Crippen LogP contribution in [0.4, 0.5) is 0 Å². The predicted molar refractivity (Wildman–Crippen MR) is 64.2 cm³/mol. The maximum absolute atomic E-state index is 12.2. The van der Waals surface area contributed by atoms with Gasteiger partial charge in [-0.2, -0.15) is 0 Å². The lowest BCUT2D eigenvalue weighted by Crippen LogP contribution is -2.47. The maximum Gasteiger partial charge on any atom is 0.245 e. The van der Waals surface area contributed by atoms with E-state index in [2.05, 4.69) is 0 Å². The first-order valence-corrected chi connectivity index (χ1v) is 6.41. The van der Waals surface area contributed by atoms with Crippen LogP contribution in [0.1, 0.15) is 26.2 Å². The summed E-state index contributed by atoms with van der Waals surface area (Å²) in [5.74, 6) is 0.380. The number of hydrogen-bond acceptors (Lipinski definition) is 3. The molecule has 0 aliphatic carbocycles. The van der Waals surface area contributed by atoms with Gasteiger partial charge in [-0.25, -0.2) is 0 Å². The number of amides is 2. The van der Waals surface area contributed by atoms with Crippen molar-refractivity contribution in [3.8, 4) is 0 Å². The van der Waals surface area contributed by atoms with Gasteiger partial charge in [-0.15, -0.1) is 0 Å². The monoisotopic (exact) mass is 239 g/mol. The van der Waals surface area contributed by atoms with Gasteiger partial charge in [0.25, 0.3) is 0 Å². The third kappa shape index (κ3) is 2.44. The molecule has 2 fully saturated rings. The van der Waals surface area contributed by atoms with Crippen molar-refractivity contribution in [3.63, 3.8) is 0 Å². The van der Waals surface area contributed by atoms with Crippen molar-refractivity contribution in [2.75, 3.05) is 26.2 Å². The third-order valence-electron chi connectivity index (χ3n) is 3.81. The fraction of sp³-hybridized carbons (Fsp3) is 0.833. The van der Waals surface area contributed by atoms with Gasteiger partial charge in [0.2, 0.25) is 11.8 Å². The van der Waals surface area contributed by atoms with Crippen molar-refractivity contribution < 1.29 is 9.59 Å². The number of carbonyl (C=O) groups is 2. The molecule has 2 aliphatic rings. The Kier molecular flexibility index (Phi) is 3.66. The van der Waals surface area contributed by atoms with Crippen LogP contribution in [0.2, 0.25) is 0 Å². The molecule has 2 saturated heterocycles. The molecular weight excluding hydrogens is 218 g/mol. The molecule has 0 radical (unpaired) electrons. The van der Waals surface area contributed by atoms with E-state index >= 15 is 0 Å². The molecule has 2 amide bonds. The van der Waals surface area contributed by atoms with E-state index in [9.17, 15) is 9.59 Å². The normalized spacial score (nSPS) is 26.7. The van der Waals surface area contributed by atoms with E-state index < -0.39 is 0 Å². The van der Waals surface area contributed by atoms with Gasteiger partial charge in [0.15, 0.2) is 0 Å². The standard InChI is InChI=1S/C12H21N3O2/c1-9(12(17)14-4-2-3-5-14)15-8-10(7-13)6-11(15)16/h9-10H,2-8,13H2,1H3. The maximum atomic E-state index is 12.2. The van der Waals surface area contributed by atoms with Crippen LogP contribution in [0.25, 0.3) is 0 Å². The Bertz CT molecular complexity index is 313. The van der Waals surface area contributed by atoms with Crippen molar-refractivity contribution in [2.24, 2.45) is 11.7 Å². The van der Waals surface area contributed by atoms with Crippen molar-refractivity contribution in [3.05, 3.63) is 0 Å². The second-order valence-corrected chi connectivity index (χ2v) is 5.06. The summed E-state index contributed by atoms with van der Waals surface area (Å²) in [6, 6.07) is -0.322. The SMILES string of the molecule is CC(C(=O)N1CCCC1)N1CC(CN)CC1=O. The van der Waals surface area contributed by atoms with Crippen LogP contribution in [0.3, 0.4) is 0 Å². The van der Waals surface area contributed by atoms with E-state index in [1.165, 1.54) is 0 Å². The molecule has 96 valence electrons. The molecule has 0 aromatic rings. The largest absolute Gasteiger partial charge is 0.341 e. The first-order valence-electron chi connectivity index (χ1n) is 6.41. The summed E-state index contributed by atoms with van der Waals surface area (Å²) in [4.78, 5) is 27.5. The molecule has 17 heavy (non-hydrogen) atoms. The van der Waals surface area contributed by atoms with Gasteiger partial charge in [-0.3, -0.25) is 9.59 Å². The number of hydrogen-bond donors (Lipinski definition) is 1. The quantitative estimate of drug-likeness (QED) is 0.742. The summed E-state index contributed by atoms with van der Waals surface area (Å²) in [5.41, 5.74) is 5.58. The summed E-state index contributed by atoms with van der Waals surface area (Å²) in [6.45, 7) is 4.66. The van der Waals surface area contributed by atoms with Gasteiger partial charge in [-0.1, -0.05) is 0 Å². The first kappa shape index (κ1) is 12.4. The van der Waals surface area contributed by atoms with Crippen LogP contribution < -0.4 is 5.73 Å². The van der Waals surface area contributed by atoms with Gasteiger partial charge < -0.3 is 15.5 Å². The fourth-order valence-corrected chi connectivity index (χ4v) is 2.68. The van der Waals surface area contributed by atoms with Crippen LogP contribution in [0.5, 0.6) is 0 Å². The lowest BCUT2D eigenvalue weighted by atomic mass is 10.1. The molecule has 0 aromatic carbocycles. The first-order chi connectivity index (χ1) is 8.13. The zero-order chi connectivity index (χ0) is 12.4. The summed E-state index contributed by atoms with van der Waals surface area (Å²) >= 11 is 0. The molecule has 0 bridgehead atoms. The van der Waals surface area contributed by atoms with Crippen molar-refractivity contribution in [1.29, 1.82) is 0 Å². The van der Waals surface area contributed by atoms with E-state index in [-0.39, 0.29) is 23.8 Å². The lowest BCUT2D eigenvalue weighted by molar-refractivity contribution is -0.142. The Morgan fingerprint density at radius 3 is 2.65 bits per heavy atom. The van der Waals surface area contributed by atoms with Gasteiger partial charge in [0.05, 0.1) is 0 Å². The molecule has 0 saturated carbocycles. The summed E-state index contributed by atoms with van der Waals surface area (Å²) in [7, 11) is 0. The average molecular weight is 239 g/mol. The molecule has 2 heterocycles. The number of rotatable bonds is 3. The fourth-order valence-electron chi connectivity index (χ4n) is 2.68. The van der Waals surface area contributed by atoms with Crippen LogP contribution >= 0.6 is 0 Å². The Balaban J connectivity index is 1.97. The highest BCUT2D eigenvalue weighted by Gasteiger charge is 2.36. The molecule has 5 heteroatoms. The zero-order valence-electron chi connectivity index (χ0n) is 10.4. The van der Waals surface area contributed by atoms with E-state index in [4.69, 9.17) is 5.73 Å². The molecule has 2 N–H and O–H groups in total. The Morgan fingerprint density at radius 1 is 1.47 bits per heavy atom. The van der Waals surface area contributed by atoms with Crippen LogP contribution in [0, 0.1) is 5.92 Å². The minimum Gasteiger partial charge on any atom is -0.341 e. The van der Waals surface area contributed by atoms with Crippen LogP contribution in [0.15, 0.2) is 0 Å². The highest BCUT2D eigenvalue weighted by Crippen LogP contribution is 2.21. The van der Waals surface area contributed by atoms with E-state index in [0.717, 1.165) is 25.9 Å². The number of nitrogens with zero attached hydrogens (tertiary/aromatic N) is 2. The lowest BCUT2D eigenvalue weighted by Gasteiger charge is -2.27. The minimum atomic E-state index is -0.322. The van der Waals surface area contributed by atoms with Gasteiger partial charge in [-0.05, 0) is 32.2 Å². The molecule has 0 spiro atoms. The highest BCUT2D eigenvalue weighted by molar-refractivity contribution is 5.88. The van der Waals surface area contributed by atoms with Crippen molar-refractivity contribution in [1.82, 2.24) is 9.80 Å². The molecule has 0 aromatic heterocycles. The van der Waals surface area contributed by atoms with Gasteiger partial charge in [0.1, 0.15) is 6.04 Å².